The van der Waals surface area contributed by atoms with Crippen LogP contribution >= 0.6 is 11.3 Å². The van der Waals surface area contributed by atoms with Crippen molar-refractivity contribution in [2.45, 2.75) is 38.6 Å². The molecule has 0 spiro atoms. The smallest absolute Gasteiger partial charge is 0.299 e. The number of aromatic nitrogens is 1. The number of benzene rings is 2. The minimum absolute atomic E-state index is 0.0614. The third kappa shape index (κ3) is 3.48. The number of fused-ring (bicyclic) bond motifs is 1. The summed E-state index contributed by atoms with van der Waals surface area (Å²) >= 11 is 1.08. The molecule has 0 atom stereocenters. The molecule has 1 heterocycles. The molecule has 0 unspecified atom stereocenters. The molecule has 0 aliphatic rings. The van der Waals surface area contributed by atoms with Gasteiger partial charge in [0.15, 0.2) is 0 Å². The van der Waals surface area contributed by atoms with Gasteiger partial charge >= 0.3 is 4.87 Å². The molecule has 0 aliphatic carbocycles. The van der Waals surface area contributed by atoms with E-state index in [1.807, 2.05) is 32.9 Å². The summed E-state index contributed by atoms with van der Waals surface area (Å²) in [5, 5.41) is 0. The highest BCUT2D eigenvalue weighted by atomic mass is 32.2. The average Bonchev–Trinajstić information content (AvgIpc) is 2.86. The van der Waals surface area contributed by atoms with Crippen LogP contribution < -0.4 is 9.60 Å². The third-order valence-corrected chi connectivity index (χ3v) is 6.33. The van der Waals surface area contributed by atoms with Gasteiger partial charge in [-0.2, -0.15) is 0 Å². The second-order valence-corrected chi connectivity index (χ2v) is 8.75. The van der Waals surface area contributed by atoms with Crippen LogP contribution in [0.2, 0.25) is 0 Å². The largest absolute Gasteiger partial charge is 0.308 e. The van der Waals surface area contributed by atoms with E-state index in [-0.39, 0.29) is 9.77 Å². The number of nitrogens with one attached hydrogen (secondary N) is 1. The maximum absolute atomic E-state index is 12.7. The van der Waals surface area contributed by atoms with Gasteiger partial charge in [-0.15, -0.1) is 0 Å². The lowest BCUT2D eigenvalue weighted by atomic mass is 10.1. The van der Waals surface area contributed by atoms with Crippen molar-refractivity contribution in [2.24, 2.45) is 0 Å². The van der Waals surface area contributed by atoms with Gasteiger partial charge in [-0.05, 0) is 50.1 Å². The van der Waals surface area contributed by atoms with E-state index in [1.165, 1.54) is 0 Å². The van der Waals surface area contributed by atoms with E-state index >= 15 is 0 Å². The van der Waals surface area contributed by atoms with Gasteiger partial charge in [-0.1, -0.05) is 36.0 Å². The monoisotopic (exact) mass is 376 g/mol. The molecule has 0 saturated carbocycles. The SMILES string of the molecule is CCCn1c(=O)sc2cc(S(=O)(=O)Nc3ccc(C)cc3C)ccc21. The molecule has 25 heavy (non-hydrogen) atoms. The summed E-state index contributed by atoms with van der Waals surface area (Å²) in [7, 11) is -3.71. The lowest BCUT2D eigenvalue weighted by molar-refractivity contribution is 0.601. The molecule has 0 aliphatic heterocycles. The number of rotatable bonds is 5. The van der Waals surface area contributed by atoms with Gasteiger partial charge in [-0.3, -0.25) is 14.1 Å². The summed E-state index contributed by atoms with van der Waals surface area (Å²) in [4.78, 5) is 12.2. The van der Waals surface area contributed by atoms with Crippen molar-refractivity contribution in [3.63, 3.8) is 0 Å². The number of anilines is 1. The molecule has 0 bridgehead atoms. The summed E-state index contributed by atoms with van der Waals surface area (Å²) in [6, 6.07) is 10.4. The minimum atomic E-state index is -3.71. The predicted molar refractivity (Wildman–Crippen MR) is 103 cm³/mol. The van der Waals surface area contributed by atoms with Crippen LogP contribution in [0.4, 0.5) is 5.69 Å². The molecular weight excluding hydrogens is 356 g/mol. The van der Waals surface area contributed by atoms with E-state index in [2.05, 4.69) is 4.72 Å². The average molecular weight is 377 g/mol. The van der Waals surface area contributed by atoms with Gasteiger partial charge in [-0.25, -0.2) is 8.42 Å². The maximum Gasteiger partial charge on any atom is 0.308 e. The Labute approximate surface area is 151 Å². The molecule has 0 saturated heterocycles. The molecule has 132 valence electrons. The zero-order valence-corrected chi connectivity index (χ0v) is 16.0. The van der Waals surface area contributed by atoms with Crippen molar-refractivity contribution in [2.75, 3.05) is 4.72 Å². The summed E-state index contributed by atoms with van der Waals surface area (Å²) < 4.78 is 30.4. The number of hydrogen-bond donors (Lipinski definition) is 1. The molecule has 2 aromatic carbocycles. The molecule has 3 aromatic rings. The molecule has 0 amide bonds. The second kappa shape index (κ2) is 6.65. The molecule has 0 radical (unpaired) electrons. The molecule has 5 nitrogen and oxygen atoms in total. The van der Waals surface area contributed by atoms with Gasteiger partial charge in [0.2, 0.25) is 0 Å². The first-order valence-electron chi connectivity index (χ1n) is 8.05. The van der Waals surface area contributed by atoms with Crippen LogP contribution in [-0.4, -0.2) is 13.0 Å². The predicted octanol–water partition coefficient (Wildman–Crippen LogP) is 3.89. The molecule has 0 fully saturated rings. The Bertz CT molecular complexity index is 1100. The van der Waals surface area contributed by atoms with Gasteiger partial charge in [0.1, 0.15) is 0 Å². The van der Waals surface area contributed by atoms with Crippen LogP contribution in [0.25, 0.3) is 10.2 Å². The van der Waals surface area contributed by atoms with Crippen LogP contribution in [0.3, 0.4) is 0 Å². The summed E-state index contributed by atoms with van der Waals surface area (Å²) in [5.74, 6) is 0. The second-order valence-electron chi connectivity index (χ2n) is 6.07. The van der Waals surface area contributed by atoms with E-state index in [9.17, 15) is 13.2 Å². The molecule has 3 rings (SSSR count). The number of sulfonamides is 1. The maximum atomic E-state index is 12.7. The first-order valence-corrected chi connectivity index (χ1v) is 10.4. The van der Waals surface area contributed by atoms with Gasteiger partial charge in [0, 0.05) is 6.54 Å². The lowest BCUT2D eigenvalue weighted by Gasteiger charge is -2.11. The summed E-state index contributed by atoms with van der Waals surface area (Å²) in [6.45, 7) is 6.46. The Kier molecular flexibility index (Phi) is 4.71. The minimum Gasteiger partial charge on any atom is -0.299 e. The standard InChI is InChI=1S/C18H20N2O3S2/c1-4-9-20-16-8-6-14(11-17(16)24-18(20)21)25(22,23)19-15-7-5-12(2)10-13(15)3/h5-8,10-11,19H,4,9H2,1-3H3. The van der Waals surface area contributed by atoms with Crippen LogP contribution in [0.5, 0.6) is 0 Å². The molecular formula is C18H20N2O3S2. The van der Waals surface area contributed by atoms with Crippen LogP contribution in [-0.2, 0) is 16.6 Å². The number of aryl methyl sites for hydroxylation is 3. The number of thiazole rings is 1. The van der Waals surface area contributed by atoms with E-state index in [0.29, 0.717) is 16.9 Å². The molecule has 1 aromatic heterocycles. The quantitative estimate of drug-likeness (QED) is 0.734. The normalized spacial score (nSPS) is 11.8. The Morgan fingerprint density at radius 3 is 2.56 bits per heavy atom. The Morgan fingerprint density at radius 2 is 1.88 bits per heavy atom. The molecule has 7 heteroatoms. The van der Waals surface area contributed by atoms with Gasteiger partial charge < -0.3 is 0 Å². The fourth-order valence-corrected chi connectivity index (χ4v) is 4.97. The Hall–Kier alpha value is -2.12. The Balaban J connectivity index is 2.01. The Morgan fingerprint density at radius 1 is 1.12 bits per heavy atom. The van der Waals surface area contributed by atoms with Crippen LogP contribution in [0.1, 0.15) is 24.5 Å². The zero-order valence-electron chi connectivity index (χ0n) is 14.4. The fourth-order valence-electron chi connectivity index (χ4n) is 2.78. The topological polar surface area (TPSA) is 68.2 Å². The van der Waals surface area contributed by atoms with E-state index in [1.54, 1.807) is 28.8 Å². The number of nitrogens with zero attached hydrogens (tertiary/aromatic N) is 1. The summed E-state index contributed by atoms with van der Waals surface area (Å²) in [6.07, 6.45) is 0.847. The van der Waals surface area contributed by atoms with E-state index in [4.69, 9.17) is 0 Å². The molecule has 1 N–H and O–H groups in total. The highest BCUT2D eigenvalue weighted by Crippen LogP contribution is 2.25. The van der Waals surface area contributed by atoms with Crippen LogP contribution in [0, 0.1) is 13.8 Å². The zero-order chi connectivity index (χ0) is 18.2. The van der Waals surface area contributed by atoms with Gasteiger partial charge in [0.25, 0.3) is 10.0 Å². The van der Waals surface area contributed by atoms with E-state index < -0.39 is 10.0 Å². The van der Waals surface area contributed by atoms with Crippen LogP contribution in [0.15, 0.2) is 46.1 Å². The van der Waals surface area contributed by atoms with Crippen molar-refractivity contribution in [3.8, 4) is 0 Å². The van der Waals surface area contributed by atoms with Crippen molar-refractivity contribution < 1.29 is 8.42 Å². The number of hydrogen-bond acceptors (Lipinski definition) is 4. The van der Waals surface area contributed by atoms with Crippen molar-refractivity contribution in [1.29, 1.82) is 0 Å². The fraction of sp³-hybridized carbons (Fsp3) is 0.278. The summed E-state index contributed by atoms with van der Waals surface area (Å²) in [5.41, 5.74) is 3.28. The third-order valence-electron chi connectivity index (χ3n) is 4.02. The first kappa shape index (κ1) is 17.7. The van der Waals surface area contributed by atoms with E-state index in [0.717, 1.165) is 34.4 Å². The van der Waals surface area contributed by atoms with Crippen molar-refractivity contribution in [3.05, 3.63) is 57.2 Å². The first-order chi connectivity index (χ1) is 11.8. The highest BCUT2D eigenvalue weighted by Gasteiger charge is 2.17. The van der Waals surface area contributed by atoms with Crippen molar-refractivity contribution >= 4 is 37.3 Å². The van der Waals surface area contributed by atoms with Gasteiger partial charge in [0.05, 0.1) is 20.8 Å². The lowest BCUT2D eigenvalue weighted by Crippen LogP contribution is -2.14. The van der Waals surface area contributed by atoms with Crippen molar-refractivity contribution in [1.82, 2.24) is 4.57 Å². The highest BCUT2D eigenvalue weighted by molar-refractivity contribution is 7.92.